The van der Waals surface area contributed by atoms with Crippen LogP contribution in [0.15, 0.2) is 30.3 Å². The summed E-state index contributed by atoms with van der Waals surface area (Å²) >= 11 is 0. The van der Waals surface area contributed by atoms with E-state index in [-0.39, 0.29) is 0 Å². The molecule has 114 valence electrons. The molecule has 1 aromatic carbocycles. The topological polar surface area (TPSA) is 30.5 Å². The number of hydrogen-bond acceptors (Lipinski definition) is 3. The predicted octanol–water partition coefficient (Wildman–Crippen LogP) is 3.56. The molecule has 0 saturated heterocycles. The molecule has 1 aromatic rings. The van der Waals surface area contributed by atoms with E-state index in [1.54, 1.807) is 7.11 Å². The largest absolute Gasteiger partial charge is 0.385 e. The van der Waals surface area contributed by atoms with E-state index in [0.29, 0.717) is 6.04 Å². The second-order valence-corrected chi connectivity index (χ2v) is 5.02. The van der Waals surface area contributed by atoms with Crippen molar-refractivity contribution in [3.05, 3.63) is 35.9 Å². The van der Waals surface area contributed by atoms with Crippen LogP contribution in [-0.2, 0) is 9.47 Å². The number of nitrogens with one attached hydrogen (secondary N) is 1. The first-order valence-corrected chi connectivity index (χ1v) is 7.73. The Labute approximate surface area is 123 Å². The fraction of sp³-hybridized carbons (Fsp3) is 0.647. The van der Waals surface area contributed by atoms with Gasteiger partial charge in [-0.15, -0.1) is 0 Å². The summed E-state index contributed by atoms with van der Waals surface area (Å²) in [5.74, 6) is 0. The lowest BCUT2D eigenvalue weighted by Crippen LogP contribution is -2.22. The predicted molar refractivity (Wildman–Crippen MR) is 84.0 cm³/mol. The molecule has 0 aromatic heterocycles. The Morgan fingerprint density at radius 3 is 2.50 bits per heavy atom. The average Bonchev–Trinajstić information content (AvgIpc) is 2.50. The molecule has 0 amide bonds. The molecule has 1 rings (SSSR count). The van der Waals surface area contributed by atoms with Crippen molar-refractivity contribution in [3.63, 3.8) is 0 Å². The second-order valence-electron chi connectivity index (χ2n) is 5.02. The minimum absolute atomic E-state index is 0.443. The molecule has 20 heavy (non-hydrogen) atoms. The van der Waals surface area contributed by atoms with E-state index in [2.05, 4.69) is 42.6 Å². The van der Waals surface area contributed by atoms with Crippen LogP contribution in [0.5, 0.6) is 0 Å². The summed E-state index contributed by atoms with van der Waals surface area (Å²) in [6.45, 7) is 5.68. The lowest BCUT2D eigenvalue weighted by molar-refractivity contribution is 0.0990. The number of rotatable bonds is 12. The highest BCUT2D eigenvalue weighted by atomic mass is 16.5. The lowest BCUT2D eigenvalue weighted by atomic mass is 10.0. The molecule has 1 atom stereocenters. The van der Waals surface area contributed by atoms with Gasteiger partial charge in [0.25, 0.3) is 0 Å². The molecular weight excluding hydrogens is 250 g/mol. The Bertz CT molecular complexity index is 316. The summed E-state index contributed by atoms with van der Waals surface area (Å²) in [5.41, 5.74) is 1.38. The molecule has 0 aliphatic carbocycles. The monoisotopic (exact) mass is 279 g/mol. The first-order chi connectivity index (χ1) is 9.88. The molecule has 0 heterocycles. The molecule has 0 bridgehead atoms. The summed E-state index contributed by atoms with van der Waals surface area (Å²) < 4.78 is 10.6. The van der Waals surface area contributed by atoms with Gasteiger partial charge in [-0.1, -0.05) is 37.3 Å². The first kappa shape index (κ1) is 17.2. The SMILES string of the molecule is CCCNC(CCCOCCCOC)c1ccccc1. The van der Waals surface area contributed by atoms with E-state index < -0.39 is 0 Å². The quantitative estimate of drug-likeness (QED) is 0.593. The van der Waals surface area contributed by atoms with Crippen molar-refractivity contribution in [1.82, 2.24) is 5.32 Å². The average molecular weight is 279 g/mol. The van der Waals surface area contributed by atoms with Crippen LogP contribution in [0.1, 0.15) is 44.2 Å². The normalized spacial score (nSPS) is 12.5. The molecular formula is C17H29NO2. The van der Waals surface area contributed by atoms with E-state index >= 15 is 0 Å². The van der Waals surface area contributed by atoms with Crippen molar-refractivity contribution >= 4 is 0 Å². The van der Waals surface area contributed by atoms with Gasteiger partial charge < -0.3 is 14.8 Å². The highest BCUT2D eigenvalue weighted by molar-refractivity contribution is 5.18. The molecule has 1 N–H and O–H groups in total. The third-order valence-corrected chi connectivity index (χ3v) is 3.26. The fourth-order valence-corrected chi connectivity index (χ4v) is 2.19. The number of ether oxygens (including phenoxy) is 2. The Kier molecular flexibility index (Phi) is 10.2. The summed E-state index contributed by atoms with van der Waals surface area (Å²) in [7, 11) is 1.73. The molecule has 1 unspecified atom stereocenters. The third kappa shape index (κ3) is 7.63. The maximum atomic E-state index is 5.62. The van der Waals surface area contributed by atoms with Crippen LogP contribution < -0.4 is 5.32 Å². The van der Waals surface area contributed by atoms with Crippen LogP contribution >= 0.6 is 0 Å². The van der Waals surface area contributed by atoms with Gasteiger partial charge in [-0.3, -0.25) is 0 Å². The van der Waals surface area contributed by atoms with Gasteiger partial charge in [-0.25, -0.2) is 0 Å². The molecule has 0 aliphatic heterocycles. The molecule has 0 fully saturated rings. The van der Waals surface area contributed by atoms with E-state index in [9.17, 15) is 0 Å². The zero-order valence-electron chi connectivity index (χ0n) is 12.9. The third-order valence-electron chi connectivity index (χ3n) is 3.26. The Morgan fingerprint density at radius 2 is 1.80 bits per heavy atom. The smallest absolute Gasteiger partial charge is 0.0487 e. The molecule has 0 saturated carbocycles. The van der Waals surface area contributed by atoms with Crippen LogP contribution in [0.2, 0.25) is 0 Å². The lowest BCUT2D eigenvalue weighted by Gasteiger charge is -2.19. The summed E-state index contributed by atoms with van der Waals surface area (Å²) in [5, 5.41) is 3.62. The fourth-order valence-electron chi connectivity index (χ4n) is 2.19. The minimum atomic E-state index is 0.443. The van der Waals surface area contributed by atoms with Crippen molar-refractivity contribution in [3.8, 4) is 0 Å². The van der Waals surface area contributed by atoms with Gasteiger partial charge in [0, 0.05) is 33.0 Å². The van der Waals surface area contributed by atoms with Gasteiger partial charge in [0.05, 0.1) is 0 Å². The maximum Gasteiger partial charge on any atom is 0.0487 e. The molecule has 0 spiro atoms. The number of hydrogen-bond donors (Lipinski definition) is 1. The minimum Gasteiger partial charge on any atom is -0.385 e. The molecule has 3 nitrogen and oxygen atoms in total. The summed E-state index contributed by atoms with van der Waals surface area (Å²) in [4.78, 5) is 0. The van der Waals surface area contributed by atoms with E-state index in [1.165, 1.54) is 5.56 Å². The van der Waals surface area contributed by atoms with E-state index in [4.69, 9.17) is 9.47 Å². The Hall–Kier alpha value is -0.900. The summed E-state index contributed by atoms with van der Waals surface area (Å²) in [6.07, 6.45) is 4.35. The summed E-state index contributed by atoms with van der Waals surface area (Å²) in [6, 6.07) is 11.1. The number of methoxy groups -OCH3 is 1. The second kappa shape index (κ2) is 11.9. The van der Waals surface area contributed by atoms with Gasteiger partial charge in [0.15, 0.2) is 0 Å². The van der Waals surface area contributed by atoms with Crippen molar-refractivity contribution in [1.29, 1.82) is 0 Å². The highest BCUT2D eigenvalue weighted by Crippen LogP contribution is 2.18. The van der Waals surface area contributed by atoms with Crippen molar-refractivity contribution < 1.29 is 9.47 Å². The zero-order chi connectivity index (χ0) is 14.5. The van der Waals surface area contributed by atoms with Crippen molar-refractivity contribution in [2.45, 2.75) is 38.6 Å². The zero-order valence-corrected chi connectivity index (χ0v) is 12.9. The first-order valence-electron chi connectivity index (χ1n) is 7.73. The van der Waals surface area contributed by atoms with Crippen molar-refractivity contribution in [2.75, 3.05) is 33.5 Å². The Morgan fingerprint density at radius 1 is 1.05 bits per heavy atom. The van der Waals surface area contributed by atoms with Gasteiger partial charge in [0.2, 0.25) is 0 Å². The van der Waals surface area contributed by atoms with Gasteiger partial charge in [0.1, 0.15) is 0 Å². The van der Waals surface area contributed by atoms with Crippen molar-refractivity contribution in [2.24, 2.45) is 0 Å². The van der Waals surface area contributed by atoms with Gasteiger partial charge in [-0.05, 0) is 37.8 Å². The van der Waals surface area contributed by atoms with Crippen LogP contribution in [0.4, 0.5) is 0 Å². The van der Waals surface area contributed by atoms with Gasteiger partial charge >= 0.3 is 0 Å². The van der Waals surface area contributed by atoms with E-state index in [0.717, 1.165) is 52.0 Å². The van der Waals surface area contributed by atoms with Gasteiger partial charge in [-0.2, -0.15) is 0 Å². The van der Waals surface area contributed by atoms with Crippen LogP contribution in [0.25, 0.3) is 0 Å². The van der Waals surface area contributed by atoms with E-state index in [1.807, 2.05) is 0 Å². The highest BCUT2D eigenvalue weighted by Gasteiger charge is 2.09. The standard InChI is InChI=1S/C17H29NO2/c1-3-12-18-17(16-9-5-4-6-10-16)11-7-14-20-15-8-13-19-2/h4-6,9-10,17-18H,3,7-8,11-15H2,1-2H3. The molecule has 0 aliphatic rings. The maximum absolute atomic E-state index is 5.62. The van der Waals surface area contributed by atoms with Crippen LogP contribution in [-0.4, -0.2) is 33.5 Å². The molecule has 0 radical (unpaired) electrons. The van der Waals surface area contributed by atoms with Crippen LogP contribution in [0.3, 0.4) is 0 Å². The Balaban J connectivity index is 2.24. The molecule has 3 heteroatoms. The van der Waals surface area contributed by atoms with Crippen LogP contribution in [0, 0.1) is 0 Å². The number of benzene rings is 1.